The van der Waals surface area contributed by atoms with Crippen molar-refractivity contribution >= 4 is 29.1 Å². The number of nitrogens with zero attached hydrogens (tertiary/aromatic N) is 3. The Kier molecular flexibility index (Phi) is 7.58. The van der Waals surface area contributed by atoms with Gasteiger partial charge in [-0.05, 0) is 38.1 Å². The van der Waals surface area contributed by atoms with E-state index in [2.05, 4.69) is 4.99 Å². The molecule has 0 fully saturated rings. The summed E-state index contributed by atoms with van der Waals surface area (Å²) >= 11 is 1.16. The third-order valence-corrected chi connectivity index (χ3v) is 7.50. The summed E-state index contributed by atoms with van der Waals surface area (Å²) in [7, 11) is 2.94. The zero-order chi connectivity index (χ0) is 29.3. The molecule has 3 heterocycles. The van der Waals surface area contributed by atoms with Crippen LogP contribution in [0.1, 0.15) is 31.2 Å². The highest BCUT2D eigenvalue weighted by Crippen LogP contribution is 2.36. The molecule has 11 nitrogen and oxygen atoms in total. The molecule has 0 unspecified atom stereocenters. The summed E-state index contributed by atoms with van der Waals surface area (Å²) in [6.45, 7) is 3.59. The Labute approximate surface area is 237 Å². The number of nitro groups is 1. The smallest absolute Gasteiger partial charge is 0.338 e. The number of hydrogen-bond acceptors (Lipinski definition) is 10. The number of fused-ring (bicyclic) bond motifs is 1. The number of benzene rings is 2. The average Bonchev–Trinajstić information content (AvgIpc) is 3.55. The standard InChI is InChI=1S/C29H25N3O8S/c1-5-39-28(34)25-16(2)30-29-31(26(25)20-8-6-7-9-21(20)37-3)27(33)24(41-29)15-18-11-13-22(40-18)19-12-10-17(32(35)36)14-23(19)38-4/h6-15,26H,5H2,1-4H3/b24-15-/t26-/m0/s1. The number of methoxy groups -OCH3 is 2. The van der Waals surface area contributed by atoms with Gasteiger partial charge in [-0.3, -0.25) is 19.5 Å². The largest absolute Gasteiger partial charge is 0.496 e. The molecular weight excluding hydrogens is 550 g/mol. The van der Waals surface area contributed by atoms with E-state index in [0.717, 1.165) is 11.3 Å². The fraction of sp³-hybridized carbons (Fsp3) is 0.207. The Balaban J connectivity index is 1.63. The molecule has 0 radical (unpaired) electrons. The van der Waals surface area contributed by atoms with E-state index >= 15 is 0 Å². The van der Waals surface area contributed by atoms with Crippen molar-refractivity contribution in [2.24, 2.45) is 4.99 Å². The maximum Gasteiger partial charge on any atom is 0.338 e. The van der Waals surface area contributed by atoms with E-state index in [-0.39, 0.29) is 29.2 Å². The maximum atomic E-state index is 13.9. The molecule has 2 aromatic carbocycles. The van der Waals surface area contributed by atoms with E-state index < -0.39 is 16.9 Å². The predicted molar refractivity (Wildman–Crippen MR) is 151 cm³/mol. The Morgan fingerprint density at radius 2 is 1.90 bits per heavy atom. The molecule has 0 aliphatic carbocycles. The number of nitro benzene ring substituents is 1. The van der Waals surface area contributed by atoms with Crippen molar-refractivity contribution in [2.45, 2.75) is 19.9 Å². The van der Waals surface area contributed by atoms with Gasteiger partial charge >= 0.3 is 5.97 Å². The molecule has 1 aliphatic rings. The van der Waals surface area contributed by atoms with Gasteiger partial charge in [-0.2, -0.15) is 0 Å². The van der Waals surface area contributed by atoms with Gasteiger partial charge < -0.3 is 18.6 Å². The third-order valence-electron chi connectivity index (χ3n) is 6.51. The lowest BCUT2D eigenvalue weighted by atomic mass is 9.95. The molecule has 210 valence electrons. The van der Waals surface area contributed by atoms with Crippen LogP contribution in [0.3, 0.4) is 0 Å². The number of hydrogen-bond donors (Lipinski definition) is 0. The van der Waals surface area contributed by atoms with Crippen LogP contribution in [0.5, 0.6) is 11.5 Å². The second-order valence-electron chi connectivity index (χ2n) is 8.89. The fourth-order valence-corrected chi connectivity index (χ4v) is 5.71. The number of esters is 1. The number of aromatic nitrogens is 1. The molecule has 1 aliphatic heterocycles. The Morgan fingerprint density at radius 1 is 1.15 bits per heavy atom. The van der Waals surface area contributed by atoms with Gasteiger partial charge in [-0.25, -0.2) is 9.79 Å². The van der Waals surface area contributed by atoms with E-state index in [0.29, 0.717) is 43.4 Å². The molecule has 0 N–H and O–H groups in total. The van der Waals surface area contributed by atoms with E-state index in [9.17, 15) is 19.7 Å². The van der Waals surface area contributed by atoms with Crippen LogP contribution in [-0.4, -0.2) is 36.3 Å². The van der Waals surface area contributed by atoms with Crippen molar-refractivity contribution < 1.29 is 28.3 Å². The SMILES string of the molecule is CCOC(=O)C1=C(C)N=c2s/c(=C\c3ccc(-c4ccc([N+](=O)[O-])cc4OC)o3)c(=O)n2[C@H]1c1ccccc1OC. The normalized spacial score (nSPS) is 14.8. The fourth-order valence-electron chi connectivity index (χ4n) is 4.68. The number of carbonyl (C=O) groups excluding carboxylic acids is 1. The first-order chi connectivity index (χ1) is 19.8. The van der Waals surface area contributed by atoms with Crippen molar-refractivity contribution in [1.29, 1.82) is 0 Å². The highest BCUT2D eigenvalue weighted by molar-refractivity contribution is 7.07. The molecule has 0 saturated heterocycles. The molecule has 41 heavy (non-hydrogen) atoms. The quantitative estimate of drug-likeness (QED) is 0.175. The van der Waals surface area contributed by atoms with Crippen LogP contribution in [0.4, 0.5) is 5.69 Å². The molecule has 0 bridgehead atoms. The molecule has 5 rings (SSSR count). The molecular formula is C29H25N3O8S. The summed E-state index contributed by atoms with van der Waals surface area (Å²) in [5, 5.41) is 11.1. The third kappa shape index (κ3) is 5.05. The minimum absolute atomic E-state index is 0.111. The molecule has 0 spiro atoms. The number of furan rings is 1. The number of rotatable bonds is 8. The molecule has 0 saturated carbocycles. The first-order valence-electron chi connectivity index (χ1n) is 12.5. The van der Waals surface area contributed by atoms with Gasteiger partial charge in [0.25, 0.3) is 11.2 Å². The lowest BCUT2D eigenvalue weighted by Crippen LogP contribution is -2.40. The molecule has 4 aromatic rings. The Bertz CT molecular complexity index is 1880. The number of para-hydroxylation sites is 1. The van der Waals surface area contributed by atoms with Gasteiger partial charge in [0.1, 0.15) is 29.1 Å². The Hall–Kier alpha value is -4.97. The summed E-state index contributed by atoms with van der Waals surface area (Å²) in [6, 6.07) is 13.9. The topological polar surface area (TPSA) is 135 Å². The summed E-state index contributed by atoms with van der Waals surface area (Å²) in [5.41, 5.74) is 1.35. The van der Waals surface area contributed by atoms with Crippen LogP contribution < -0.4 is 24.4 Å². The van der Waals surface area contributed by atoms with Gasteiger partial charge in [0.2, 0.25) is 0 Å². The van der Waals surface area contributed by atoms with E-state index in [1.165, 1.54) is 30.9 Å². The monoisotopic (exact) mass is 575 g/mol. The van der Waals surface area contributed by atoms with Crippen LogP contribution in [0.25, 0.3) is 17.4 Å². The van der Waals surface area contributed by atoms with Gasteiger partial charge in [-0.1, -0.05) is 29.5 Å². The second kappa shape index (κ2) is 11.3. The number of allylic oxidation sites excluding steroid dienone is 1. The summed E-state index contributed by atoms with van der Waals surface area (Å²) in [6.07, 6.45) is 1.59. The van der Waals surface area contributed by atoms with Gasteiger partial charge in [0, 0.05) is 17.7 Å². The Morgan fingerprint density at radius 3 is 2.61 bits per heavy atom. The minimum atomic E-state index is -0.819. The molecule has 0 amide bonds. The van der Waals surface area contributed by atoms with Crippen molar-refractivity contribution in [2.75, 3.05) is 20.8 Å². The number of non-ortho nitro benzene ring substituents is 1. The highest BCUT2D eigenvalue weighted by atomic mass is 32.1. The zero-order valence-corrected chi connectivity index (χ0v) is 23.4. The van der Waals surface area contributed by atoms with Crippen molar-refractivity contribution in [3.05, 3.63) is 107 Å². The lowest BCUT2D eigenvalue weighted by Gasteiger charge is -2.25. The number of carbonyl (C=O) groups is 1. The minimum Gasteiger partial charge on any atom is -0.496 e. The molecule has 12 heteroatoms. The van der Waals surface area contributed by atoms with Crippen molar-refractivity contribution in [1.82, 2.24) is 4.57 Å². The number of thiazole rings is 1. The predicted octanol–water partition coefficient (Wildman–Crippen LogP) is 3.98. The maximum absolute atomic E-state index is 13.9. The molecule has 1 atom stereocenters. The molecule has 2 aromatic heterocycles. The lowest BCUT2D eigenvalue weighted by molar-refractivity contribution is -0.384. The first kappa shape index (κ1) is 27.6. The first-order valence-corrected chi connectivity index (χ1v) is 13.3. The summed E-state index contributed by atoms with van der Waals surface area (Å²) in [5.74, 6) is 1.00. The van der Waals surface area contributed by atoms with Gasteiger partial charge in [-0.15, -0.1) is 0 Å². The van der Waals surface area contributed by atoms with Gasteiger partial charge in [0.15, 0.2) is 4.80 Å². The number of ether oxygens (including phenoxy) is 3. The van der Waals surface area contributed by atoms with Crippen LogP contribution in [-0.2, 0) is 9.53 Å². The summed E-state index contributed by atoms with van der Waals surface area (Å²) in [4.78, 5) is 42.6. The van der Waals surface area contributed by atoms with Crippen molar-refractivity contribution in [3.63, 3.8) is 0 Å². The average molecular weight is 576 g/mol. The van der Waals surface area contributed by atoms with Gasteiger partial charge in [0.05, 0.1) is 53.2 Å². The van der Waals surface area contributed by atoms with Crippen LogP contribution >= 0.6 is 11.3 Å². The zero-order valence-electron chi connectivity index (χ0n) is 22.6. The van der Waals surface area contributed by atoms with Crippen molar-refractivity contribution in [3.8, 4) is 22.8 Å². The van der Waals surface area contributed by atoms with E-state index in [4.69, 9.17) is 18.6 Å². The van der Waals surface area contributed by atoms with E-state index in [1.54, 1.807) is 56.3 Å². The van der Waals surface area contributed by atoms with Crippen LogP contribution in [0, 0.1) is 10.1 Å². The second-order valence-corrected chi connectivity index (χ2v) is 9.90. The highest BCUT2D eigenvalue weighted by Gasteiger charge is 2.35. The van der Waals surface area contributed by atoms with Crippen LogP contribution in [0.2, 0.25) is 0 Å². The summed E-state index contributed by atoms with van der Waals surface area (Å²) < 4.78 is 24.0. The van der Waals surface area contributed by atoms with E-state index in [1.807, 2.05) is 6.07 Å². The van der Waals surface area contributed by atoms with Crippen LogP contribution in [0.15, 0.2) is 80.1 Å².